The van der Waals surface area contributed by atoms with Gasteiger partial charge in [0.15, 0.2) is 0 Å². The van der Waals surface area contributed by atoms with Gasteiger partial charge in [-0.2, -0.15) is 0 Å². The van der Waals surface area contributed by atoms with Crippen molar-refractivity contribution in [1.29, 1.82) is 0 Å². The van der Waals surface area contributed by atoms with E-state index in [0.29, 0.717) is 18.8 Å². The van der Waals surface area contributed by atoms with Gasteiger partial charge in [-0.25, -0.2) is 13.1 Å². The van der Waals surface area contributed by atoms with Crippen LogP contribution in [0.25, 0.3) is 0 Å². The molecule has 1 aliphatic rings. The fraction of sp³-hybridized carbons (Fsp3) is 1.00. The summed E-state index contributed by atoms with van der Waals surface area (Å²) in [6.45, 7) is 4.75. The Morgan fingerprint density at radius 2 is 2.00 bits per heavy atom. The van der Waals surface area contributed by atoms with Crippen molar-refractivity contribution in [2.24, 2.45) is 0 Å². The highest BCUT2D eigenvalue weighted by molar-refractivity contribution is 7.89. The second-order valence-electron chi connectivity index (χ2n) is 4.30. The number of hydrogen-bond donors (Lipinski definition) is 1. The zero-order chi connectivity index (χ0) is 12.0. The Hall–Kier alpha value is 0.160. The first kappa shape index (κ1) is 14.2. The molecule has 0 aliphatic carbocycles. The summed E-state index contributed by atoms with van der Waals surface area (Å²) in [5, 5.41) is 0. The summed E-state index contributed by atoms with van der Waals surface area (Å²) in [5.41, 5.74) is 0. The molecule has 96 valence electrons. The molecule has 0 aromatic heterocycles. The lowest BCUT2D eigenvalue weighted by Crippen LogP contribution is -2.41. The average molecular weight is 269 g/mol. The summed E-state index contributed by atoms with van der Waals surface area (Å²) in [5.74, 6) is 0.520. The summed E-state index contributed by atoms with van der Waals surface area (Å²) in [4.78, 5) is 2.32. The van der Waals surface area contributed by atoms with Crippen LogP contribution in [0.15, 0.2) is 0 Å². The fourth-order valence-electron chi connectivity index (χ4n) is 1.88. The predicted octanol–water partition coefficient (Wildman–Crippen LogP) is 1.02. The fourth-order valence-corrected chi connectivity index (χ4v) is 3.33. The number of nitrogens with zero attached hydrogens (tertiary/aromatic N) is 1. The maximum atomic E-state index is 11.5. The van der Waals surface area contributed by atoms with E-state index in [1.165, 1.54) is 12.8 Å². The quantitative estimate of drug-likeness (QED) is 0.702. The van der Waals surface area contributed by atoms with E-state index in [4.69, 9.17) is 11.6 Å². The number of hydrogen-bond acceptors (Lipinski definition) is 3. The highest BCUT2D eigenvalue weighted by atomic mass is 35.5. The largest absolute Gasteiger partial charge is 0.299 e. The molecule has 0 saturated carbocycles. The van der Waals surface area contributed by atoms with E-state index in [0.717, 1.165) is 13.1 Å². The SMILES string of the molecule is CC(CNS(=O)(=O)CCCCl)N1CCCC1. The smallest absolute Gasteiger partial charge is 0.211 e. The molecule has 4 nitrogen and oxygen atoms in total. The van der Waals surface area contributed by atoms with Crippen molar-refractivity contribution in [1.82, 2.24) is 9.62 Å². The van der Waals surface area contributed by atoms with Gasteiger partial charge in [0.2, 0.25) is 10.0 Å². The van der Waals surface area contributed by atoms with E-state index in [9.17, 15) is 8.42 Å². The van der Waals surface area contributed by atoms with E-state index in [2.05, 4.69) is 16.5 Å². The Morgan fingerprint density at radius 3 is 2.56 bits per heavy atom. The number of sulfonamides is 1. The van der Waals surface area contributed by atoms with Crippen molar-refractivity contribution >= 4 is 21.6 Å². The Morgan fingerprint density at radius 1 is 1.38 bits per heavy atom. The third kappa shape index (κ3) is 4.99. The van der Waals surface area contributed by atoms with Crippen molar-refractivity contribution < 1.29 is 8.42 Å². The first-order valence-corrected chi connectivity index (χ1v) is 8.01. The highest BCUT2D eigenvalue weighted by Crippen LogP contribution is 2.10. The lowest BCUT2D eigenvalue weighted by molar-refractivity contribution is 0.260. The molecule has 1 unspecified atom stereocenters. The summed E-state index contributed by atoms with van der Waals surface area (Å²) >= 11 is 5.47. The lowest BCUT2D eigenvalue weighted by Gasteiger charge is -2.23. The molecule has 0 aromatic carbocycles. The minimum Gasteiger partial charge on any atom is -0.299 e. The van der Waals surface area contributed by atoms with E-state index in [1.807, 2.05) is 0 Å². The number of rotatable bonds is 7. The van der Waals surface area contributed by atoms with Gasteiger partial charge >= 0.3 is 0 Å². The van der Waals surface area contributed by atoms with Crippen molar-refractivity contribution in [3.63, 3.8) is 0 Å². The predicted molar refractivity (Wildman–Crippen MR) is 67.4 cm³/mol. The Bertz CT molecular complexity index is 289. The van der Waals surface area contributed by atoms with Gasteiger partial charge in [0, 0.05) is 18.5 Å². The normalized spacial score (nSPS) is 20.1. The second-order valence-corrected chi connectivity index (χ2v) is 6.61. The number of alkyl halides is 1. The van der Waals surface area contributed by atoms with Gasteiger partial charge in [0.25, 0.3) is 0 Å². The molecule has 0 radical (unpaired) electrons. The number of likely N-dealkylation sites (tertiary alicyclic amines) is 1. The summed E-state index contributed by atoms with van der Waals surface area (Å²) < 4.78 is 25.7. The average Bonchev–Trinajstić information content (AvgIpc) is 2.77. The second kappa shape index (κ2) is 6.79. The zero-order valence-corrected chi connectivity index (χ0v) is 11.4. The van der Waals surface area contributed by atoms with Gasteiger partial charge in [0.05, 0.1) is 5.75 Å². The summed E-state index contributed by atoms with van der Waals surface area (Å²) in [7, 11) is -3.13. The van der Waals surface area contributed by atoms with Crippen LogP contribution < -0.4 is 4.72 Å². The summed E-state index contributed by atoms with van der Waals surface area (Å²) in [6, 6.07) is 0.285. The van der Waals surface area contributed by atoms with Crippen LogP contribution in [-0.2, 0) is 10.0 Å². The van der Waals surface area contributed by atoms with Crippen LogP contribution in [0.2, 0.25) is 0 Å². The Balaban J connectivity index is 2.27. The van der Waals surface area contributed by atoms with Gasteiger partial charge in [-0.15, -0.1) is 11.6 Å². The monoisotopic (exact) mass is 268 g/mol. The minimum absolute atomic E-state index is 0.128. The Labute approximate surface area is 103 Å². The van der Waals surface area contributed by atoms with Crippen LogP contribution >= 0.6 is 11.6 Å². The topological polar surface area (TPSA) is 49.4 Å². The maximum Gasteiger partial charge on any atom is 0.211 e. The first-order valence-electron chi connectivity index (χ1n) is 5.82. The summed E-state index contributed by atoms with van der Waals surface area (Å²) in [6.07, 6.45) is 2.96. The van der Waals surface area contributed by atoms with Crippen LogP contribution in [-0.4, -0.2) is 50.6 Å². The van der Waals surface area contributed by atoms with Gasteiger partial charge < -0.3 is 0 Å². The van der Waals surface area contributed by atoms with Crippen LogP contribution in [0.5, 0.6) is 0 Å². The molecule has 1 fully saturated rings. The molecule has 0 spiro atoms. The van der Waals surface area contributed by atoms with Gasteiger partial charge in [-0.05, 0) is 39.3 Å². The van der Waals surface area contributed by atoms with Crippen LogP contribution in [0.3, 0.4) is 0 Å². The molecule has 1 atom stereocenters. The molecular formula is C10H21ClN2O2S. The van der Waals surface area contributed by atoms with E-state index in [-0.39, 0.29) is 11.8 Å². The van der Waals surface area contributed by atoms with Gasteiger partial charge in [-0.1, -0.05) is 0 Å². The molecule has 1 N–H and O–H groups in total. The van der Waals surface area contributed by atoms with Crippen molar-refractivity contribution in [2.75, 3.05) is 31.3 Å². The van der Waals surface area contributed by atoms with E-state index >= 15 is 0 Å². The zero-order valence-electron chi connectivity index (χ0n) is 9.78. The first-order chi connectivity index (χ1) is 7.55. The minimum atomic E-state index is -3.13. The molecule has 1 aliphatic heterocycles. The molecule has 0 aromatic rings. The third-order valence-electron chi connectivity index (χ3n) is 2.91. The van der Waals surface area contributed by atoms with Gasteiger partial charge in [0.1, 0.15) is 0 Å². The number of nitrogens with one attached hydrogen (secondary N) is 1. The molecular weight excluding hydrogens is 248 g/mol. The van der Waals surface area contributed by atoms with Crippen molar-refractivity contribution in [2.45, 2.75) is 32.2 Å². The van der Waals surface area contributed by atoms with Crippen molar-refractivity contribution in [3.8, 4) is 0 Å². The standard InChI is InChI=1S/C10H21ClN2O2S/c1-10(13-6-2-3-7-13)9-12-16(14,15)8-4-5-11/h10,12H,2-9H2,1H3. The molecule has 1 saturated heterocycles. The molecule has 16 heavy (non-hydrogen) atoms. The van der Waals surface area contributed by atoms with E-state index < -0.39 is 10.0 Å². The lowest BCUT2D eigenvalue weighted by atomic mass is 10.3. The molecule has 6 heteroatoms. The molecule has 1 rings (SSSR count). The third-order valence-corrected chi connectivity index (χ3v) is 4.61. The van der Waals surface area contributed by atoms with Gasteiger partial charge in [-0.3, -0.25) is 4.90 Å². The van der Waals surface area contributed by atoms with Crippen molar-refractivity contribution in [3.05, 3.63) is 0 Å². The number of halogens is 1. The van der Waals surface area contributed by atoms with Crippen LogP contribution in [0, 0.1) is 0 Å². The van der Waals surface area contributed by atoms with E-state index in [1.54, 1.807) is 0 Å². The molecule has 0 amide bonds. The molecule has 0 bridgehead atoms. The Kier molecular flexibility index (Phi) is 6.03. The van der Waals surface area contributed by atoms with Crippen LogP contribution in [0.4, 0.5) is 0 Å². The maximum absolute atomic E-state index is 11.5. The highest BCUT2D eigenvalue weighted by Gasteiger charge is 2.19. The molecule has 1 heterocycles. The van der Waals surface area contributed by atoms with Crippen LogP contribution in [0.1, 0.15) is 26.2 Å².